The van der Waals surface area contributed by atoms with Gasteiger partial charge in [0.2, 0.25) is 0 Å². The lowest BCUT2D eigenvalue weighted by atomic mass is 10.2. The molecule has 10 heteroatoms. The minimum absolute atomic E-state index is 0.167. The van der Waals surface area contributed by atoms with Crippen molar-refractivity contribution in [3.8, 4) is 5.69 Å². The van der Waals surface area contributed by atoms with Crippen LogP contribution in [0, 0.1) is 13.8 Å². The second kappa shape index (κ2) is 7.57. The fraction of sp³-hybridized carbons (Fsp3) is 0.611. The number of aryl methyl sites for hydroxylation is 1. The van der Waals surface area contributed by atoms with E-state index in [0.29, 0.717) is 17.9 Å². The molecule has 0 saturated carbocycles. The molecule has 8 nitrogen and oxygen atoms in total. The number of imidazole rings is 1. The van der Waals surface area contributed by atoms with Gasteiger partial charge in [0.05, 0.1) is 16.9 Å². The molecule has 0 bridgehead atoms. The van der Waals surface area contributed by atoms with E-state index >= 15 is 0 Å². The van der Waals surface area contributed by atoms with Crippen LogP contribution in [0.25, 0.3) is 5.69 Å². The summed E-state index contributed by atoms with van der Waals surface area (Å²) >= 11 is 3.07. The lowest BCUT2D eigenvalue weighted by Gasteiger charge is -2.28. The number of thioether (sulfide) groups is 1. The topological polar surface area (TPSA) is 111 Å². The lowest BCUT2D eigenvalue weighted by molar-refractivity contribution is 0.0222. The van der Waals surface area contributed by atoms with Gasteiger partial charge in [-0.2, -0.15) is 4.98 Å². The number of fused-ring (bicyclic) bond motifs is 1. The fourth-order valence-electron chi connectivity index (χ4n) is 3.21. The molecular formula is C18H26N4O4S2. The fourth-order valence-corrected chi connectivity index (χ4v) is 5.82. The Morgan fingerprint density at radius 1 is 1.43 bits per heavy atom. The quantitative estimate of drug-likeness (QED) is 0.725. The molecule has 3 N–H and O–H groups in total. The van der Waals surface area contributed by atoms with Crippen molar-refractivity contribution in [2.75, 3.05) is 18.0 Å². The minimum atomic E-state index is -0.596. The van der Waals surface area contributed by atoms with Crippen molar-refractivity contribution >= 4 is 35.0 Å². The van der Waals surface area contributed by atoms with E-state index in [1.165, 1.54) is 11.8 Å². The number of amides is 1. The second-order valence-electron chi connectivity index (χ2n) is 7.98. The SMILES string of the molecule is Cc1sc(SC[C@@H]2C[C@@H](O)CN2C(=O)OC(C)(C)C)c2c(N)nc(=O)n-2c1C. The van der Waals surface area contributed by atoms with Gasteiger partial charge in [-0.05, 0) is 41.0 Å². The summed E-state index contributed by atoms with van der Waals surface area (Å²) in [5.74, 6) is 0.770. The molecule has 0 spiro atoms. The summed E-state index contributed by atoms with van der Waals surface area (Å²) in [6.07, 6.45) is -0.510. The molecule has 2 atom stereocenters. The molecular weight excluding hydrogens is 400 g/mol. The Bertz CT molecular complexity index is 918. The zero-order valence-electron chi connectivity index (χ0n) is 16.7. The van der Waals surface area contributed by atoms with E-state index in [2.05, 4.69) is 4.98 Å². The first-order chi connectivity index (χ1) is 13.0. The van der Waals surface area contributed by atoms with E-state index in [9.17, 15) is 14.7 Å². The van der Waals surface area contributed by atoms with Crippen LogP contribution in [0.5, 0.6) is 0 Å². The molecule has 0 aromatic carbocycles. The zero-order valence-corrected chi connectivity index (χ0v) is 18.3. The van der Waals surface area contributed by atoms with E-state index < -0.39 is 17.8 Å². The molecule has 3 aliphatic rings. The number of ether oxygens (including phenoxy) is 1. The molecule has 1 amide bonds. The predicted octanol–water partition coefficient (Wildman–Crippen LogP) is 2.39. The van der Waals surface area contributed by atoms with Crippen molar-refractivity contribution in [3.05, 3.63) is 21.1 Å². The molecule has 3 rings (SSSR count). The Kier molecular flexibility index (Phi) is 5.66. The van der Waals surface area contributed by atoms with Gasteiger partial charge in [0.15, 0.2) is 5.82 Å². The van der Waals surface area contributed by atoms with Crippen molar-refractivity contribution in [3.63, 3.8) is 0 Å². The van der Waals surface area contributed by atoms with E-state index in [1.54, 1.807) is 20.8 Å². The molecule has 0 radical (unpaired) electrons. The van der Waals surface area contributed by atoms with Crippen LogP contribution in [0.3, 0.4) is 0 Å². The standard InChI is InChI=1S/C18H26N4O4S2/c1-9-10(2)28-15(13-14(19)20-16(24)22(9)13)27-8-11-6-12(23)7-21(11)17(25)26-18(3,4)5/h11-12,23H,6-8H2,1-5H3,(H2,19,20,24)/t11-,12+/m0/s1. The maximum absolute atomic E-state index is 12.5. The number of hydrogen-bond donors (Lipinski definition) is 2. The number of hydrogen-bond acceptors (Lipinski definition) is 8. The molecule has 3 aliphatic heterocycles. The number of aromatic nitrogens is 2. The highest BCUT2D eigenvalue weighted by Gasteiger charge is 2.37. The Morgan fingerprint density at radius 3 is 2.75 bits per heavy atom. The number of nitrogens with zero attached hydrogens (tertiary/aromatic N) is 3. The molecule has 0 aromatic rings. The van der Waals surface area contributed by atoms with Gasteiger partial charge in [-0.25, -0.2) is 9.59 Å². The number of anilines is 1. The van der Waals surface area contributed by atoms with Crippen LogP contribution in [-0.4, -0.2) is 55.7 Å². The van der Waals surface area contributed by atoms with Gasteiger partial charge in [0.1, 0.15) is 11.3 Å². The van der Waals surface area contributed by atoms with Crippen LogP contribution in [-0.2, 0) is 4.74 Å². The number of nitrogens with two attached hydrogens (primary N) is 1. The van der Waals surface area contributed by atoms with E-state index in [4.69, 9.17) is 10.5 Å². The Labute approximate surface area is 172 Å². The monoisotopic (exact) mass is 426 g/mol. The number of likely N-dealkylation sites (tertiary alicyclic amines) is 1. The molecule has 3 heterocycles. The number of β-amino-alcohol motifs (C(OH)–C–C–N with tert-alkyl or cyclic N) is 1. The van der Waals surface area contributed by atoms with Gasteiger partial charge in [-0.3, -0.25) is 4.57 Å². The third-order valence-corrected chi connectivity index (χ3v) is 7.18. The molecule has 0 aliphatic carbocycles. The number of aliphatic hydroxyl groups is 1. The van der Waals surface area contributed by atoms with Crippen LogP contribution >= 0.6 is 23.1 Å². The molecule has 154 valence electrons. The smallest absolute Gasteiger partial charge is 0.410 e. The average molecular weight is 427 g/mol. The van der Waals surface area contributed by atoms with Gasteiger partial charge in [0, 0.05) is 22.4 Å². The van der Waals surface area contributed by atoms with Crippen molar-refractivity contribution in [2.24, 2.45) is 0 Å². The largest absolute Gasteiger partial charge is 0.444 e. The summed E-state index contributed by atoms with van der Waals surface area (Å²) in [5, 5.41) is 10.1. The highest BCUT2D eigenvalue weighted by molar-refractivity contribution is 8.01. The van der Waals surface area contributed by atoms with Crippen LogP contribution in [0.1, 0.15) is 37.8 Å². The van der Waals surface area contributed by atoms with Crippen LogP contribution in [0.4, 0.5) is 10.6 Å². The Morgan fingerprint density at radius 2 is 2.11 bits per heavy atom. The Balaban J connectivity index is 1.82. The van der Waals surface area contributed by atoms with Gasteiger partial charge in [-0.1, -0.05) is 0 Å². The van der Waals surface area contributed by atoms with Crippen LogP contribution in [0.15, 0.2) is 9.00 Å². The molecule has 0 aromatic heterocycles. The van der Waals surface area contributed by atoms with Gasteiger partial charge in [0.25, 0.3) is 0 Å². The highest BCUT2D eigenvalue weighted by atomic mass is 32.2. The third-order valence-electron chi connectivity index (χ3n) is 4.58. The van der Waals surface area contributed by atoms with E-state index in [-0.39, 0.29) is 24.1 Å². The van der Waals surface area contributed by atoms with Gasteiger partial charge < -0.3 is 20.5 Å². The van der Waals surface area contributed by atoms with Crippen molar-refractivity contribution in [1.29, 1.82) is 0 Å². The average Bonchev–Trinajstić information content (AvgIpc) is 3.08. The summed E-state index contributed by atoms with van der Waals surface area (Å²) in [4.78, 5) is 31.1. The predicted molar refractivity (Wildman–Crippen MR) is 111 cm³/mol. The number of carbonyl (C=O) groups excluding carboxylic acids is 1. The molecule has 0 unspecified atom stereocenters. The van der Waals surface area contributed by atoms with Gasteiger partial charge >= 0.3 is 11.8 Å². The number of rotatable bonds is 3. The first-order valence-corrected chi connectivity index (χ1v) is 10.9. The summed E-state index contributed by atoms with van der Waals surface area (Å²) in [5.41, 5.74) is 6.45. The maximum atomic E-state index is 12.5. The third kappa shape index (κ3) is 4.13. The van der Waals surface area contributed by atoms with Crippen molar-refractivity contribution in [2.45, 2.75) is 63.0 Å². The maximum Gasteiger partial charge on any atom is 0.410 e. The Hall–Kier alpha value is -1.78. The summed E-state index contributed by atoms with van der Waals surface area (Å²) in [6.45, 7) is 9.52. The highest BCUT2D eigenvalue weighted by Crippen LogP contribution is 2.38. The minimum Gasteiger partial charge on any atom is -0.444 e. The normalized spacial score (nSPS) is 20.1. The van der Waals surface area contributed by atoms with Crippen molar-refractivity contribution < 1.29 is 14.6 Å². The summed E-state index contributed by atoms with van der Waals surface area (Å²) in [6, 6.07) is -0.167. The van der Waals surface area contributed by atoms with Crippen LogP contribution in [0.2, 0.25) is 0 Å². The first-order valence-electron chi connectivity index (χ1n) is 9.06. The number of nitrogen functional groups attached to an aromatic ring is 1. The summed E-state index contributed by atoms with van der Waals surface area (Å²) in [7, 11) is 0. The lowest BCUT2D eigenvalue weighted by Crippen LogP contribution is -2.41. The van der Waals surface area contributed by atoms with E-state index in [1.807, 2.05) is 34.6 Å². The number of aliphatic hydroxyl groups excluding tert-OH is 1. The van der Waals surface area contributed by atoms with Crippen molar-refractivity contribution in [1.82, 2.24) is 14.5 Å². The van der Waals surface area contributed by atoms with E-state index in [0.717, 1.165) is 14.8 Å². The van der Waals surface area contributed by atoms with Crippen LogP contribution < -0.4 is 11.4 Å². The second-order valence-corrected chi connectivity index (χ2v) is 10.5. The summed E-state index contributed by atoms with van der Waals surface area (Å²) < 4.78 is 7.89. The molecule has 1 fully saturated rings. The molecule has 1 saturated heterocycles. The van der Waals surface area contributed by atoms with Gasteiger partial charge in [-0.15, -0.1) is 23.1 Å². The molecule has 28 heavy (non-hydrogen) atoms. The zero-order chi connectivity index (χ0) is 20.8. The first kappa shape index (κ1) is 20.9. The number of carbonyl (C=O) groups is 1.